The summed E-state index contributed by atoms with van der Waals surface area (Å²) in [6.45, 7) is 1.81. The Morgan fingerprint density at radius 2 is 1.33 bits per heavy atom. The van der Waals surface area contributed by atoms with Crippen molar-refractivity contribution in [2.75, 3.05) is 10.6 Å². The van der Waals surface area contributed by atoms with Gasteiger partial charge in [-0.3, -0.25) is 18.2 Å². The number of hydrogen-bond acceptors (Lipinski definition) is 16. The van der Waals surface area contributed by atoms with Gasteiger partial charge in [-0.15, -0.1) is 10.2 Å². The number of hydrogen-bond donors (Lipinski definition) is 7. The number of benzene rings is 4. The fourth-order valence-electron chi connectivity index (χ4n) is 4.55. The van der Waals surface area contributed by atoms with E-state index in [9.17, 15) is 61.4 Å². The Kier molecular flexibility index (Phi) is 9.95. The summed E-state index contributed by atoms with van der Waals surface area (Å²) in [6, 6.07) is 8.92. The van der Waals surface area contributed by atoms with Crippen molar-refractivity contribution in [2.24, 2.45) is 10.2 Å². The average Bonchev–Trinajstić information content (AvgIpc) is 2.97. The smallest absolute Gasteiger partial charge is 0.297 e. The minimum atomic E-state index is -5.46. The number of aryl methyl sites for hydroxylation is 1. The van der Waals surface area contributed by atoms with E-state index in [2.05, 4.69) is 35.8 Å². The van der Waals surface area contributed by atoms with Gasteiger partial charge in [0, 0.05) is 17.1 Å². The zero-order valence-electron chi connectivity index (χ0n) is 25.3. The molecular weight excluding hydrogens is 801 g/mol. The largest absolute Gasteiger partial charge is 0.505 e. The molecule has 0 aliphatic heterocycles. The molecule has 0 atom stereocenters. The summed E-state index contributed by atoms with van der Waals surface area (Å²) < 4.78 is 149. The molecule has 0 bridgehead atoms. The SMILES string of the molecule is Cc1cccc(Nc2nc(Cl)nc(Nc3cc(S(=O)(=O)O)cc4cc(S(=O)(=O)O)c(N=Nc5cc(F)c(S(=O)(=O)O)cc5S(=O)(=O)O)c(O)c34)n2)c1. The zero-order chi connectivity index (χ0) is 38.6. The lowest BCUT2D eigenvalue weighted by molar-refractivity contribution is 0.469. The van der Waals surface area contributed by atoms with E-state index in [1.807, 2.05) is 13.0 Å². The Bertz CT molecular complexity index is 2810. The van der Waals surface area contributed by atoms with Gasteiger partial charge >= 0.3 is 0 Å². The molecule has 0 saturated carbocycles. The summed E-state index contributed by atoms with van der Waals surface area (Å²) in [4.78, 5) is 6.69. The number of fused-ring (bicyclic) bond motifs is 1. The molecule has 20 nitrogen and oxygen atoms in total. The molecule has 5 aromatic rings. The van der Waals surface area contributed by atoms with Gasteiger partial charge in [0.25, 0.3) is 40.5 Å². The van der Waals surface area contributed by atoms with E-state index in [-0.39, 0.29) is 18.1 Å². The van der Waals surface area contributed by atoms with Crippen molar-refractivity contribution >= 4 is 97.5 Å². The summed E-state index contributed by atoms with van der Waals surface area (Å²) >= 11 is 6.07. The van der Waals surface area contributed by atoms with Gasteiger partial charge in [-0.1, -0.05) is 12.1 Å². The molecule has 5 rings (SSSR count). The molecule has 0 unspecified atom stereocenters. The zero-order valence-corrected chi connectivity index (χ0v) is 29.3. The van der Waals surface area contributed by atoms with Crippen molar-refractivity contribution in [3.05, 3.63) is 71.3 Å². The number of aromatic nitrogens is 3. The van der Waals surface area contributed by atoms with Gasteiger partial charge in [0.15, 0.2) is 5.75 Å². The number of phenols is 1. The summed E-state index contributed by atoms with van der Waals surface area (Å²) in [5.41, 5.74) is -1.51. The number of nitrogens with one attached hydrogen (secondary N) is 2. The van der Waals surface area contributed by atoms with E-state index < -0.39 is 111 Å². The van der Waals surface area contributed by atoms with Crippen molar-refractivity contribution < 1.29 is 61.4 Å². The number of nitrogens with zero attached hydrogens (tertiary/aromatic N) is 5. The van der Waals surface area contributed by atoms with E-state index in [0.29, 0.717) is 17.8 Å². The Labute approximate surface area is 297 Å². The maximum absolute atomic E-state index is 14.6. The second-order valence-corrected chi connectivity index (χ2v) is 16.3. The molecule has 0 saturated heterocycles. The first-order valence-electron chi connectivity index (χ1n) is 13.4. The van der Waals surface area contributed by atoms with Crippen LogP contribution >= 0.6 is 11.6 Å². The molecule has 0 fully saturated rings. The number of halogens is 2. The van der Waals surface area contributed by atoms with Gasteiger partial charge in [0.2, 0.25) is 17.2 Å². The fraction of sp³-hybridized carbons (Fsp3) is 0.0385. The average molecular weight is 820 g/mol. The number of phenolic OH excluding ortho intramolecular Hbond substituents is 1. The first kappa shape index (κ1) is 38.2. The number of azo groups is 1. The lowest BCUT2D eigenvalue weighted by atomic mass is 10.1. The maximum atomic E-state index is 14.6. The molecule has 274 valence electrons. The fourth-order valence-corrected chi connectivity index (χ4v) is 7.18. The van der Waals surface area contributed by atoms with Gasteiger partial charge in [-0.2, -0.15) is 48.6 Å². The van der Waals surface area contributed by atoms with E-state index in [1.54, 1.807) is 18.2 Å². The van der Waals surface area contributed by atoms with Crippen LogP contribution in [0.1, 0.15) is 5.56 Å². The topological polar surface area (TPSA) is 325 Å². The van der Waals surface area contributed by atoms with Crippen LogP contribution in [0.15, 0.2) is 84.4 Å². The molecule has 0 aliphatic carbocycles. The lowest BCUT2D eigenvalue weighted by Gasteiger charge is -2.15. The van der Waals surface area contributed by atoms with Crippen molar-refractivity contribution in [1.29, 1.82) is 0 Å². The van der Waals surface area contributed by atoms with Crippen molar-refractivity contribution in [3.63, 3.8) is 0 Å². The second-order valence-electron chi connectivity index (χ2n) is 10.4. The molecule has 0 amide bonds. The number of anilines is 4. The third-order valence-electron chi connectivity index (χ3n) is 6.66. The van der Waals surface area contributed by atoms with Gasteiger partial charge in [-0.05, 0) is 65.9 Å². The monoisotopic (exact) mass is 819 g/mol. The Morgan fingerprint density at radius 1 is 0.712 bits per heavy atom. The normalized spacial score (nSPS) is 12.8. The van der Waals surface area contributed by atoms with Crippen molar-refractivity contribution in [2.45, 2.75) is 26.5 Å². The highest BCUT2D eigenvalue weighted by Gasteiger charge is 2.28. The molecule has 0 aliphatic rings. The maximum Gasteiger partial charge on any atom is 0.297 e. The van der Waals surface area contributed by atoms with Gasteiger partial charge < -0.3 is 15.7 Å². The molecular formula is C26H19ClFN7O13S4. The van der Waals surface area contributed by atoms with E-state index in [1.165, 1.54) is 0 Å². The second kappa shape index (κ2) is 13.5. The van der Waals surface area contributed by atoms with Gasteiger partial charge in [-0.25, -0.2) is 4.39 Å². The van der Waals surface area contributed by atoms with Crippen LogP contribution in [0, 0.1) is 12.7 Å². The lowest BCUT2D eigenvalue weighted by Crippen LogP contribution is -2.06. The first-order valence-corrected chi connectivity index (χ1v) is 19.6. The summed E-state index contributed by atoms with van der Waals surface area (Å²) in [6.07, 6.45) is 0. The van der Waals surface area contributed by atoms with E-state index in [0.717, 1.165) is 11.6 Å². The van der Waals surface area contributed by atoms with Crippen molar-refractivity contribution in [3.8, 4) is 5.75 Å². The predicted molar refractivity (Wildman–Crippen MR) is 178 cm³/mol. The third-order valence-corrected chi connectivity index (χ3v) is 10.3. The molecule has 0 spiro atoms. The van der Waals surface area contributed by atoms with Crippen LogP contribution in [0.2, 0.25) is 5.28 Å². The molecule has 7 N–H and O–H groups in total. The Morgan fingerprint density at radius 3 is 1.90 bits per heavy atom. The van der Waals surface area contributed by atoms with Crippen LogP contribution in [-0.4, -0.2) is 71.9 Å². The summed E-state index contributed by atoms with van der Waals surface area (Å²) in [7, 11) is -21.4. The molecule has 4 aromatic carbocycles. The van der Waals surface area contributed by atoms with E-state index >= 15 is 0 Å². The van der Waals surface area contributed by atoms with E-state index in [4.69, 9.17) is 11.6 Å². The highest BCUT2D eigenvalue weighted by Crippen LogP contribution is 2.46. The van der Waals surface area contributed by atoms with Crippen LogP contribution in [0.5, 0.6) is 5.75 Å². The molecule has 26 heteroatoms. The van der Waals surface area contributed by atoms with Crippen LogP contribution in [-0.2, 0) is 40.5 Å². The number of rotatable bonds is 10. The Balaban J connectivity index is 1.75. The van der Waals surface area contributed by atoms with Gasteiger partial charge in [0.05, 0.1) is 10.6 Å². The number of aromatic hydroxyl groups is 1. The molecule has 0 radical (unpaired) electrons. The highest BCUT2D eigenvalue weighted by atomic mass is 35.5. The predicted octanol–water partition coefficient (Wildman–Crippen LogP) is 4.72. The summed E-state index contributed by atoms with van der Waals surface area (Å²) in [5, 5.41) is 22.1. The summed E-state index contributed by atoms with van der Waals surface area (Å²) in [5.74, 6) is -3.60. The quantitative estimate of drug-likeness (QED) is 0.0740. The molecule has 52 heavy (non-hydrogen) atoms. The minimum Gasteiger partial charge on any atom is -0.505 e. The minimum absolute atomic E-state index is 0.0287. The molecule has 1 heterocycles. The van der Waals surface area contributed by atoms with Gasteiger partial charge in [0.1, 0.15) is 31.9 Å². The van der Waals surface area contributed by atoms with Crippen LogP contribution < -0.4 is 10.6 Å². The first-order chi connectivity index (χ1) is 23.9. The van der Waals surface area contributed by atoms with Crippen molar-refractivity contribution in [1.82, 2.24) is 15.0 Å². The third kappa shape index (κ3) is 8.38. The standard InChI is InChI=1S/C26H19ClFN7O13S4/c1-11-3-2-4-13(5-11)29-25-31-24(27)32-26(33-25)30-17-8-14(49(37,38)39)6-12-7-20(52(46,47)48)22(23(36)21(12)17)35-34-16-9-15(28)18(50(40,41)42)10-19(16)51(43,44)45/h2-10,36H,1H3,(H,37,38,39)(H,40,41,42)(H,43,44,45)(H,46,47,48)(H2,29,30,31,32,33). The van der Waals surface area contributed by atoms with Crippen LogP contribution in [0.25, 0.3) is 10.8 Å². The molecule has 1 aromatic heterocycles. The van der Waals surface area contributed by atoms with Crippen LogP contribution in [0.4, 0.5) is 39.0 Å². The van der Waals surface area contributed by atoms with Crippen LogP contribution in [0.3, 0.4) is 0 Å². The highest BCUT2D eigenvalue weighted by molar-refractivity contribution is 7.87. The Hall–Kier alpha value is -4.99.